The molecule has 0 amide bonds. The predicted molar refractivity (Wildman–Crippen MR) is 432 cm³/mol. The molecule has 0 spiro atoms. The van der Waals surface area contributed by atoms with Crippen molar-refractivity contribution in [2.75, 3.05) is 39.6 Å². The molecule has 17 nitrogen and oxygen atoms in total. The molecule has 0 heterocycles. The van der Waals surface area contributed by atoms with E-state index < -0.39 is 97.5 Å². The first-order chi connectivity index (χ1) is 51.1. The maximum absolute atomic E-state index is 13.1. The molecule has 0 rings (SSSR count). The van der Waals surface area contributed by atoms with Gasteiger partial charge in [-0.2, -0.15) is 0 Å². The second kappa shape index (κ2) is 78.7. The molecule has 624 valence electrons. The van der Waals surface area contributed by atoms with Crippen LogP contribution in [0.2, 0.25) is 0 Å². The molecule has 0 aromatic carbocycles. The topological polar surface area (TPSA) is 237 Å². The minimum atomic E-state index is -4.97. The SMILES string of the molecule is CCCCCCCCCCCCCCCCCCCCCCCC(=O)O[C@H](COC(=O)CCCCCCCCCCCCCCCCCCCCC)COP(=O)(O)OC[C@@H](O)COP(=O)(O)OC[C@@H](COC(=O)CCCCCCCCC(C)CC)OC(=O)CCCCCCCCCCCCCCCCC. The summed E-state index contributed by atoms with van der Waals surface area (Å²) in [6.07, 6.45) is 72.3. The normalized spacial score (nSPS) is 14.0. The van der Waals surface area contributed by atoms with Crippen molar-refractivity contribution in [3.8, 4) is 0 Å². The highest BCUT2D eigenvalue weighted by Gasteiger charge is 2.30. The predicted octanol–water partition coefficient (Wildman–Crippen LogP) is 26.4. The Hall–Kier alpha value is -1.94. The fourth-order valence-electron chi connectivity index (χ4n) is 13.4. The van der Waals surface area contributed by atoms with Crippen LogP contribution in [0.25, 0.3) is 0 Å². The Morgan fingerprint density at radius 3 is 0.676 bits per heavy atom. The van der Waals surface area contributed by atoms with Gasteiger partial charge in [0, 0.05) is 25.7 Å². The summed E-state index contributed by atoms with van der Waals surface area (Å²) in [4.78, 5) is 73.2. The van der Waals surface area contributed by atoms with Gasteiger partial charge >= 0.3 is 39.5 Å². The molecule has 0 radical (unpaired) electrons. The molecule has 0 saturated heterocycles. The van der Waals surface area contributed by atoms with Crippen molar-refractivity contribution in [1.29, 1.82) is 0 Å². The van der Waals surface area contributed by atoms with Crippen molar-refractivity contribution in [3.63, 3.8) is 0 Å². The Morgan fingerprint density at radius 1 is 0.267 bits per heavy atom. The first kappa shape index (κ1) is 103. The van der Waals surface area contributed by atoms with E-state index >= 15 is 0 Å². The number of aliphatic hydroxyl groups is 1. The molecule has 0 saturated carbocycles. The molecule has 0 aromatic heterocycles. The first-order valence-corrected chi connectivity index (χ1v) is 47.7. The Balaban J connectivity index is 5.22. The smallest absolute Gasteiger partial charge is 0.462 e. The van der Waals surface area contributed by atoms with Gasteiger partial charge in [0.25, 0.3) is 0 Å². The maximum Gasteiger partial charge on any atom is 0.472 e. The molecule has 0 aliphatic carbocycles. The van der Waals surface area contributed by atoms with Crippen molar-refractivity contribution in [2.45, 2.75) is 483 Å². The molecule has 6 atom stereocenters. The quantitative estimate of drug-likeness (QED) is 0.0222. The molecular formula is C86H168O17P2. The van der Waals surface area contributed by atoms with Crippen molar-refractivity contribution >= 4 is 39.5 Å². The van der Waals surface area contributed by atoms with E-state index in [1.165, 1.54) is 283 Å². The molecule has 19 heteroatoms. The average molecular weight is 1540 g/mol. The monoisotopic (exact) mass is 1540 g/mol. The number of hydrogen-bond acceptors (Lipinski definition) is 15. The third-order valence-corrected chi connectivity index (χ3v) is 22.5. The summed E-state index contributed by atoms with van der Waals surface area (Å²) in [5.41, 5.74) is 0. The van der Waals surface area contributed by atoms with E-state index in [0.29, 0.717) is 25.7 Å². The fraction of sp³-hybridized carbons (Fsp3) is 0.953. The van der Waals surface area contributed by atoms with Crippen molar-refractivity contribution < 1.29 is 80.2 Å². The first-order valence-electron chi connectivity index (χ1n) is 44.7. The average Bonchev–Trinajstić information content (AvgIpc) is 0.911. The number of unbranched alkanes of at least 4 members (excludes halogenated alkanes) is 57. The summed E-state index contributed by atoms with van der Waals surface area (Å²) in [5.74, 6) is -1.37. The number of esters is 4. The third-order valence-electron chi connectivity index (χ3n) is 20.6. The van der Waals surface area contributed by atoms with Gasteiger partial charge in [-0.3, -0.25) is 37.3 Å². The van der Waals surface area contributed by atoms with E-state index in [0.717, 1.165) is 102 Å². The summed E-state index contributed by atoms with van der Waals surface area (Å²) in [6, 6.07) is 0. The van der Waals surface area contributed by atoms with Gasteiger partial charge in [0.1, 0.15) is 19.3 Å². The number of phosphoric acid groups is 2. The van der Waals surface area contributed by atoms with Gasteiger partial charge < -0.3 is 33.8 Å². The summed E-state index contributed by atoms with van der Waals surface area (Å²) >= 11 is 0. The van der Waals surface area contributed by atoms with Crippen molar-refractivity contribution in [1.82, 2.24) is 0 Å². The van der Waals surface area contributed by atoms with Crippen LogP contribution in [0, 0.1) is 5.92 Å². The highest BCUT2D eigenvalue weighted by Crippen LogP contribution is 2.45. The molecule has 0 aliphatic heterocycles. The van der Waals surface area contributed by atoms with Gasteiger partial charge in [-0.25, -0.2) is 9.13 Å². The Kier molecular flexibility index (Phi) is 77.3. The van der Waals surface area contributed by atoms with Crippen LogP contribution in [0.5, 0.6) is 0 Å². The van der Waals surface area contributed by atoms with Crippen LogP contribution in [0.1, 0.15) is 465 Å². The van der Waals surface area contributed by atoms with Gasteiger partial charge in [0.2, 0.25) is 0 Å². The molecule has 0 fully saturated rings. The minimum absolute atomic E-state index is 0.108. The second-order valence-corrected chi connectivity index (χ2v) is 34.1. The summed E-state index contributed by atoms with van der Waals surface area (Å²) in [5, 5.41) is 10.7. The van der Waals surface area contributed by atoms with Crippen LogP contribution >= 0.6 is 15.6 Å². The maximum atomic E-state index is 13.1. The zero-order valence-electron chi connectivity index (χ0n) is 68.9. The summed E-state index contributed by atoms with van der Waals surface area (Å²) < 4.78 is 68.9. The number of carbonyl (C=O) groups is 4. The van der Waals surface area contributed by atoms with E-state index in [9.17, 15) is 43.2 Å². The lowest BCUT2D eigenvalue weighted by molar-refractivity contribution is -0.161. The molecule has 3 unspecified atom stereocenters. The van der Waals surface area contributed by atoms with E-state index in [2.05, 4.69) is 34.6 Å². The standard InChI is InChI=1S/C86H168O17P2/c1-6-10-13-16-19-22-25-28-31-33-35-36-38-40-43-46-49-52-55-62-67-71-85(90)102-81(75-96-83(88)69-64-59-53-50-47-44-42-39-37-34-32-29-26-23-20-17-14-11-7-2)77-100-104(92,93)98-73-80(87)74-99-105(94,95)101-78-82(76-97-84(89)70-65-60-57-56-58-63-68-79(5)9-4)103-86(91)72-66-61-54-51-48-45-41-30-27-24-21-18-15-12-8-3/h79-82,87H,6-78H2,1-5H3,(H,92,93)(H,94,95)/t79?,80-,81-,82-/m1/s1. The van der Waals surface area contributed by atoms with Gasteiger partial charge in [-0.05, 0) is 31.6 Å². The molecular weight excluding hydrogens is 1370 g/mol. The number of ether oxygens (including phenoxy) is 4. The largest absolute Gasteiger partial charge is 0.472 e. The molecule has 3 N–H and O–H groups in total. The van der Waals surface area contributed by atoms with E-state index in [-0.39, 0.29) is 25.7 Å². The van der Waals surface area contributed by atoms with Gasteiger partial charge in [-0.15, -0.1) is 0 Å². The lowest BCUT2D eigenvalue weighted by Gasteiger charge is -2.21. The highest BCUT2D eigenvalue weighted by atomic mass is 31.2. The molecule has 105 heavy (non-hydrogen) atoms. The molecule has 0 aliphatic rings. The van der Waals surface area contributed by atoms with Gasteiger partial charge in [0.05, 0.1) is 26.4 Å². The van der Waals surface area contributed by atoms with Crippen LogP contribution < -0.4 is 0 Å². The van der Waals surface area contributed by atoms with E-state index in [1.54, 1.807) is 0 Å². The number of phosphoric ester groups is 2. The number of hydrogen-bond donors (Lipinski definition) is 3. The highest BCUT2D eigenvalue weighted by molar-refractivity contribution is 7.47. The molecule has 0 bridgehead atoms. The second-order valence-electron chi connectivity index (χ2n) is 31.2. The van der Waals surface area contributed by atoms with Crippen LogP contribution in [0.4, 0.5) is 0 Å². The fourth-order valence-corrected chi connectivity index (χ4v) is 15.0. The van der Waals surface area contributed by atoms with Gasteiger partial charge in [-0.1, -0.05) is 413 Å². The number of aliphatic hydroxyl groups excluding tert-OH is 1. The van der Waals surface area contributed by atoms with Crippen LogP contribution in [-0.2, 0) is 65.4 Å². The lowest BCUT2D eigenvalue weighted by Crippen LogP contribution is -2.30. The van der Waals surface area contributed by atoms with Crippen LogP contribution in [0.15, 0.2) is 0 Å². The minimum Gasteiger partial charge on any atom is -0.462 e. The Morgan fingerprint density at radius 2 is 0.457 bits per heavy atom. The Labute approximate surface area is 645 Å². The van der Waals surface area contributed by atoms with Crippen molar-refractivity contribution in [2.24, 2.45) is 5.92 Å². The van der Waals surface area contributed by atoms with Crippen LogP contribution in [0.3, 0.4) is 0 Å². The Bertz CT molecular complexity index is 2000. The number of rotatable bonds is 86. The van der Waals surface area contributed by atoms with Crippen molar-refractivity contribution in [3.05, 3.63) is 0 Å². The summed E-state index contributed by atoms with van der Waals surface area (Å²) in [7, 11) is -9.93. The zero-order chi connectivity index (χ0) is 76.9. The lowest BCUT2D eigenvalue weighted by atomic mass is 10.00. The van der Waals surface area contributed by atoms with E-state index in [4.69, 9.17) is 37.0 Å². The summed E-state index contributed by atoms with van der Waals surface area (Å²) in [6.45, 7) is 7.32. The van der Waals surface area contributed by atoms with E-state index in [1.807, 2.05) is 0 Å². The van der Waals surface area contributed by atoms with Crippen LogP contribution in [-0.4, -0.2) is 96.7 Å². The number of carbonyl (C=O) groups excluding carboxylic acids is 4. The zero-order valence-corrected chi connectivity index (χ0v) is 70.7. The third kappa shape index (κ3) is 78.5. The van der Waals surface area contributed by atoms with Gasteiger partial charge in [0.15, 0.2) is 12.2 Å². The molecule has 0 aromatic rings.